The molecule has 1 aromatic rings. The van der Waals surface area contributed by atoms with Crippen LogP contribution in [0.4, 0.5) is 5.69 Å². The SMILES string of the molecule is CNS(C)=O.Nc1ccc(Cl)nc1. The maximum absolute atomic E-state index is 9.81. The van der Waals surface area contributed by atoms with Gasteiger partial charge in [0.25, 0.3) is 0 Å². The number of rotatable bonds is 1. The lowest BCUT2D eigenvalue weighted by Gasteiger charge is -1.87. The van der Waals surface area contributed by atoms with E-state index in [1.165, 1.54) is 6.20 Å². The molecular weight excluding hydrogens is 210 g/mol. The summed E-state index contributed by atoms with van der Waals surface area (Å²) in [7, 11) is 0.826. The van der Waals surface area contributed by atoms with Gasteiger partial charge in [0, 0.05) is 6.26 Å². The average molecular weight is 222 g/mol. The van der Waals surface area contributed by atoms with E-state index in [4.69, 9.17) is 17.3 Å². The Morgan fingerprint density at radius 1 is 1.62 bits per heavy atom. The molecule has 0 saturated heterocycles. The van der Waals surface area contributed by atoms with Crippen molar-refractivity contribution < 1.29 is 4.21 Å². The first-order valence-corrected chi connectivity index (χ1v) is 5.37. The number of pyridine rings is 1. The van der Waals surface area contributed by atoms with Gasteiger partial charge in [0.2, 0.25) is 0 Å². The van der Waals surface area contributed by atoms with Crippen LogP contribution >= 0.6 is 11.6 Å². The van der Waals surface area contributed by atoms with Crippen LogP contribution in [0, 0.1) is 0 Å². The van der Waals surface area contributed by atoms with Gasteiger partial charge in [-0.05, 0) is 19.2 Å². The predicted octanol–water partition coefficient (Wildman–Crippen LogP) is 0.817. The Hall–Kier alpha value is -0.650. The largest absolute Gasteiger partial charge is 0.397 e. The molecule has 0 saturated carbocycles. The van der Waals surface area contributed by atoms with E-state index in [1.54, 1.807) is 25.4 Å². The molecule has 0 fully saturated rings. The van der Waals surface area contributed by atoms with Crippen molar-refractivity contribution >= 4 is 28.3 Å². The summed E-state index contributed by atoms with van der Waals surface area (Å²) in [5.41, 5.74) is 5.94. The van der Waals surface area contributed by atoms with Gasteiger partial charge in [-0.15, -0.1) is 0 Å². The second-order valence-electron chi connectivity index (χ2n) is 2.07. The lowest BCUT2D eigenvalue weighted by molar-refractivity contribution is 0.682. The fourth-order valence-corrected chi connectivity index (χ4v) is 0.499. The van der Waals surface area contributed by atoms with Crippen molar-refractivity contribution in [1.29, 1.82) is 0 Å². The van der Waals surface area contributed by atoms with Crippen molar-refractivity contribution in [2.24, 2.45) is 0 Å². The summed E-state index contributed by atoms with van der Waals surface area (Å²) in [4.78, 5) is 3.72. The molecule has 0 bridgehead atoms. The van der Waals surface area contributed by atoms with Crippen LogP contribution in [-0.2, 0) is 11.0 Å². The van der Waals surface area contributed by atoms with Gasteiger partial charge in [0.15, 0.2) is 0 Å². The average Bonchev–Trinajstić information content (AvgIpc) is 2.11. The topological polar surface area (TPSA) is 68.0 Å². The Labute approximate surface area is 85.1 Å². The van der Waals surface area contributed by atoms with Crippen LogP contribution in [0.25, 0.3) is 0 Å². The van der Waals surface area contributed by atoms with Crippen LogP contribution in [0.3, 0.4) is 0 Å². The Kier molecular flexibility index (Phi) is 6.48. The highest BCUT2D eigenvalue weighted by Crippen LogP contribution is 2.04. The highest BCUT2D eigenvalue weighted by molar-refractivity contribution is 7.82. The molecule has 0 amide bonds. The maximum atomic E-state index is 9.81. The summed E-state index contributed by atoms with van der Waals surface area (Å²) in [6, 6.07) is 3.35. The monoisotopic (exact) mass is 221 g/mol. The number of hydrogen-bond donors (Lipinski definition) is 2. The molecule has 0 aliphatic rings. The zero-order valence-electron chi connectivity index (χ0n) is 7.45. The van der Waals surface area contributed by atoms with E-state index in [0.717, 1.165) is 0 Å². The summed E-state index contributed by atoms with van der Waals surface area (Å²) in [6.07, 6.45) is 3.10. The molecule has 1 aromatic heterocycles. The normalized spacial score (nSPS) is 11.3. The zero-order chi connectivity index (χ0) is 10.3. The van der Waals surface area contributed by atoms with Crippen molar-refractivity contribution in [2.75, 3.05) is 19.0 Å². The van der Waals surface area contributed by atoms with Crippen molar-refractivity contribution in [3.05, 3.63) is 23.5 Å². The number of nitrogens with zero attached hydrogens (tertiary/aromatic N) is 1. The fraction of sp³-hybridized carbons (Fsp3) is 0.286. The van der Waals surface area contributed by atoms with E-state index >= 15 is 0 Å². The van der Waals surface area contributed by atoms with Gasteiger partial charge in [0.1, 0.15) is 5.15 Å². The lowest BCUT2D eigenvalue weighted by atomic mass is 10.4. The molecule has 6 heteroatoms. The molecule has 1 unspecified atom stereocenters. The highest BCUT2D eigenvalue weighted by atomic mass is 35.5. The van der Waals surface area contributed by atoms with Gasteiger partial charge >= 0.3 is 0 Å². The van der Waals surface area contributed by atoms with Crippen molar-refractivity contribution in [1.82, 2.24) is 9.71 Å². The van der Waals surface area contributed by atoms with E-state index < -0.39 is 11.0 Å². The smallest absolute Gasteiger partial charge is 0.129 e. The minimum Gasteiger partial charge on any atom is -0.397 e. The summed E-state index contributed by atoms with van der Waals surface area (Å²) in [5.74, 6) is 0. The minimum atomic E-state index is -0.823. The van der Waals surface area contributed by atoms with Crippen LogP contribution in [0.15, 0.2) is 18.3 Å². The molecule has 0 aliphatic heterocycles. The van der Waals surface area contributed by atoms with E-state index in [-0.39, 0.29) is 0 Å². The Morgan fingerprint density at radius 3 is 2.38 bits per heavy atom. The molecule has 1 rings (SSSR count). The quantitative estimate of drug-likeness (QED) is 0.690. The Morgan fingerprint density at radius 2 is 2.15 bits per heavy atom. The molecule has 4 nitrogen and oxygen atoms in total. The van der Waals surface area contributed by atoms with E-state index in [2.05, 4.69) is 9.71 Å². The third kappa shape index (κ3) is 7.70. The molecule has 0 aromatic carbocycles. The lowest BCUT2D eigenvalue weighted by Crippen LogP contribution is -2.06. The molecule has 1 atom stereocenters. The van der Waals surface area contributed by atoms with Crippen LogP contribution in [0.2, 0.25) is 5.15 Å². The number of halogens is 1. The summed E-state index contributed by atoms with van der Waals surface area (Å²) >= 11 is 5.44. The summed E-state index contributed by atoms with van der Waals surface area (Å²) in [5, 5.41) is 0.471. The molecule has 1 heterocycles. The van der Waals surface area contributed by atoms with Crippen LogP contribution in [0.1, 0.15) is 0 Å². The van der Waals surface area contributed by atoms with Gasteiger partial charge in [-0.2, -0.15) is 0 Å². The summed E-state index contributed by atoms with van der Waals surface area (Å²) < 4.78 is 12.3. The highest BCUT2D eigenvalue weighted by Gasteiger charge is 1.83. The fourth-order valence-electron chi connectivity index (χ4n) is 0.387. The van der Waals surface area contributed by atoms with Gasteiger partial charge < -0.3 is 5.73 Å². The minimum absolute atomic E-state index is 0.471. The predicted molar refractivity (Wildman–Crippen MR) is 56.8 cm³/mol. The third-order valence-corrected chi connectivity index (χ3v) is 1.84. The first-order valence-electron chi connectivity index (χ1n) is 3.44. The molecule has 3 N–H and O–H groups in total. The molecular formula is C7H12ClN3OS. The molecule has 0 aliphatic carbocycles. The van der Waals surface area contributed by atoms with Crippen molar-refractivity contribution in [2.45, 2.75) is 0 Å². The first kappa shape index (κ1) is 12.3. The maximum Gasteiger partial charge on any atom is 0.129 e. The van der Waals surface area contributed by atoms with Crippen molar-refractivity contribution in [3.63, 3.8) is 0 Å². The number of nitrogens with one attached hydrogen (secondary N) is 1. The number of hydrogen-bond acceptors (Lipinski definition) is 3. The number of anilines is 1. The zero-order valence-corrected chi connectivity index (χ0v) is 9.02. The third-order valence-electron chi connectivity index (χ3n) is 1.04. The number of nitrogen functional groups attached to an aromatic ring is 1. The number of nitrogens with two attached hydrogens (primary N) is 1. The van der Waals surface area contributed by atoms with Crippen LogP contribution in [-0.4, -0.2) is 22.5 Å². The van der Waals surface area contributed by atoms with Crippen molar-refractivity contribution in [3.8, 4) is 0 Å². The second-order valence-corrected chi connectivity index (χ2v) is 3.78. The van der Waals surface area contributed by atoms with Gasteiger partial charge in [-0.3, -0.25) is 0 Å². The van der Waals surface area contributed by atoms with Crippen LogP contribution in [0.5, 0.6) is 0 Å². The molecule has 13 heavy (non-hydrogen) atoms. The standard InChI is InChI=1S/C5H5ClN2.C2H7NOS/c6-5-2-1-4(7)3-8-5;1-3-5(2)4/h1-3H,7H2;3H,1-2H3. The van der Waals surface area contributed by atoms with E-state index in [1.807, 2.05) is 0 Å². The second kappa shape index (κ2) is 6.82. The van der Waals surface area contributed by atoms with E-state index in [0.29, 0.717) is 10.8 Å². The van der Waals surface area contributed by atoms with Gasteiger partial charge in [0.05, 0.1) is 22.9 Å². The first-order chi connectivity index (χ1) is 6.06. The summed E-state index contributed by atoms with van der Waals surface area (Å²) in [6.45, 7) is 0. The van der Waals surface area contributed by atoms with Gasteiger partial charge in [-0.25, -0.2) is 13.9 Å². The van der Waals surface area contributed by atoms with Gasteiger partial charge in [-0.1, -0.05) is 11.6 Å². The van der Waals surface area contributed by atoms with Crippen LogP contribution < -0.4 is 10.5 Å². The van der Waals surface area contributed by atoms with E-state index in [9.17, 15) is 4.21 Å². The Balaban J connectivity index is 0.000000252. The number of aromatic nitrogens is 1. The molecule has 0 radical (unpaired) electrons. The molecule has 0 spiro atoms. The Bertz CT molecular complexity index is 244. The molecule has 74 valence electrons.